The summed E-state index contributed by atoms with van der Waals surface area (Å²) >= 11 is 4.41. The summed E-state index contributed by atoms with van der Waals surface area (Å²) in [5, 5.41) is 0.661. The van der Waals surface area contributed by atoms with Crippen molar-refractivity contribution >= 4 is 42.5 Å². The van der Waals surface area contributed by atoms with E-state index in [0.717, 1.165) is 17.3 Å². The van der Waals surface area contributed by atoms with Gasteiger partial charge in [-0.3, -0.25) is 0 Å². The van der Waals surface area contributed by atoms with Crippen molar-refractivity contribution in [2.75, 3.05) is 6.16 Å². The Balaban J connectivity index is 1.88. The van der Waals surface area contributed by atoms with E-state index in [1.807, 2.05) is 49.4 Å². The molecule has 4 aromatic rings. The third-order valence-electron chi connectivity index (χ3n) is 6.02. The van der Waals surface area contributed by atoms with E-state index in [4.69, 9.17) is 0 Å². The average molecular weight is 489 g/mol. The van der Waals surface area contributed by atoms with Crippen LogP contribution in [0.1, 0.15) is 22.3 Å². The van der Waals surface area contributed by atoms with E-state index < -0.39 is 5.31 Å². The van der Waals surface area contributed by atoms with Crippen molar-refractivity contribution < 1.29 is 4.79 Å². The first-order valence-electron chi connectivity index (χ1n) is 10.5. The Morgan fingerprint density at radius 2 is 1.03 bits per heavy atom. The fourth-order valence-corrected chi connectivity index (χ4v) is 11.6. The van der Waals surface area contributed by atoms with Crippen LogP contribution in [0.25, 0.3) is 0 Å². The third-order valence-corrected chi connectivity index (χ3v) is 16.0. The summed E-state index contributed by atoms with van der Waals surface area (Å²) in [6, 6.07) is 39.7. The van der Waals surface area contributed by atoms with E-state index in [0.29, 0.717) is 6.42 Å². The molecule has 0 aliphatic heterocycles. The molecule has 156 valence electrons. The number of hydrogen-bond donors (Lipinski definition) is 0. The maximum absolute atomic E-state index is 13.2. The molecule has 0 fully saturated rings. The molecule has 4 rings (SSSR count). The molecule has 1 nitrogen and oxygen atoms in total. The first kappa shape index (κ1) is 21.7. The van der Waals surface area contributed by atoms with Crippen LogP contribution >= 0.6 is 20.8 Å². The van der Waals surface area contributed by atoms with E-state index in [1.54, 1.807) is 0 Å². The summed E-state index contributed by atoms with van der Waals surface area (Å²) in [5.41, 5.74) is 1.94. The van der Waals surface area contributed by atoms with Gasteiger partial charge in [-0.2, -0.15) is 0 Å². The molecule has 0 N–H and O–H groups in total. The predicted molar refractivity (Wildman–Crippen MR) is 139 cm³/mol. The number of rotatable bonds is 7. The van der Waals surface area contributed by atoms with Crippen LogP contribution in [0.4, 0.5) is 0 Å². The second-order valence-electron chi connectivity index (χ2n) is 7.95. The minimum atomic E-state index is -3.05. The molecule has 0 aliphatic carbocycles. The van der Waals surface area contributed by atoms with Gasteiger partial charge in [-0.05, 0) is 0 Å². The number of Topliss-reactive ketones (excluding diaryl/α,β-unsaturated/α-hetero) is 1. The molecule has 0 heterocycles. The molecule has 0 radical (unpaired) electrons. The van der Waals surface area contributed by atoms with E-state index in [9.17, 15) is 4.79 Å². The first-order valence-corrected chi connectivity index (χ1v) is 15.0. The van der Waals surface area contributed by atoms with Gasteiger partial charge >= 0.3 is 193 Å². The van der Waals surface area contributed by atoms with Gasteiger partial charge in [0.25, 0.3) is 0 Å². The van der Waals surface area contributed by atoms with Crippen LogP contribution in [0, 0.1) is 6.92 Å². The van der Waals surface area contributed by atoms with Gasteiger partial charge in [-0.15, -0.1) is 0 Å². The molecule has 0 saturated carbocycles. The summed E-state index contributed by atoms with van der Waals surface area (Å²) in [6.45, 7) is 2.04. The molecular weight excluding hydrogens is 463 g/mol. The molecule has 31 heavy (non-hydrogen) atoms. The van der Waals surface area contributed by atoms with Crippen molar-refractivity contribution in [2.45, 2.75) is 13.3 Å². The quantitative estimate of drug-likeness (QED) is 0.217. The van der Waals surface area contributed by atoms with Gasteiger partial charge in [0, 0.05) is 0 Å². The van der Waals surface area contributed by atoms with Gasteiger partial charge in [0.15, 0.2) is 0 Å². The van der Waals surface area contributed by atoms with Crippen molar-refractivity contribution in [3.05, 3.63) is 126 Å². The molecule has 0 saturated heterocycles. The Bertz CT molecular complexity index is 1060. The second kappa shape index (κ2) is 8.91. The number of hydrogen-bond acceptors (Lipinski definition) is 1. The molecular formula is C28H26BrOP. The average Bonchev–Trinajstić information content (AvgIpc) is 2.84. The van der Waals surface area contributed by atoms with Crippen molar-refractivity contribution in [1.82, 2.24) is 0 Å². The molecule has 0 amide bonds. The summed E-state index contributed by atoms with van der Waals surface area (Å²) < 4.78 is 0. The van der Waals surface area contributed by atoms with Gasteiger partial charge in [-0.25, -0.2) is 0 Å². The Morgan fingerprint density at radius 1 is 0.645 bits per heavy atom. The Morgan fingerprint density at radius 3 is 1.42 bits per heavy atom. The van der Waals surface area contributed by atoms with Crippen LogP contribution in [0.2, 0.25) is 0 Å². The first-order chi connectivity index (χ1) is 15.0. The fourth-order valence-electron chi connectivity index (χ4n) is 4.25. The molecule has 0 atom stereocenters. The summed E-state index contributed by atoms with van der Waals surface area (Å²) in [6.07, 6.45) is 1.18. The number of halogens is 1. The van der Waals surface area contributed by atoms with Crippen LogP contribution in [-0.4, -0.2) is 11.9 Å². The second-order valence-corrected chi connectivity index (χ2v) is 17.0. The molecule has 0 aliphatic rings. The van der Waals surface area contributed by atoms with Crippen molar-refractivity contribution in [2.24, 2.45) is 0 Å². The van der Waals surface area contributed by atoms with Crippen LogP contribution < -0.4 is 15.9 Å². The van der Waals surface area contributed by atoms with Crippen molar-refractivity contribution in [3.8, 4) is 0 Å². The van der Waals surface area contributed by atoms with Gasteiger partial charge in [-0.1, -0.05) is 0 Å². The molecule has 3 heteroatoms. The monoisotopic (exact) mass is 488 g/mol. The van der Waals surface area contributed by atoms with Gasteiger partial charge in [0.05, 0.1) is 0 Å². The summed E-state index contributed by atoms with van der Waals surface area (Å²) in [4.78, 5) is 13.2. The van der Waals surface area contributed by atoms with Gasteiger partial charge in [0.2, 0.25) is 0 Å². The zero-order valence-electron chi connectivity index (χ0n) is 17.6. The molecule has 4 aromatic carbocycles. The number of ketones is 1. The summed E-state index contributed by atoms with van der Waals surface area (Å²) in [5.74, 6) is 0.177. The zero-order chi connectivity index (χ0) is 21.8. The van der Waals surface area contributed by atoms with Gasteiger partial charge in [0.1, 0.15) is 0 Å². The standard InChI is InChI=1S/C28H26BrOP/c1-23-17-19-24(20-18-23)28(30)21-22-31(29,25-11-5-2-6-12-25,26-13-7-3-8-14-26)27-15-9-4-10-16-27/h2-20H,21-22H2,1H3. The van der Waals surface area contributed by atoms with Crippen LogP contribution in [0.5, 0.6) is 0 Å². The molecule has 0 spiro atoms. The SMILES string of the molecule is Cc1ccc(C(=O)CCP(Br)(c2ccccc2)(c2ccccc2)c2ccccc2)cc1. The number of aryl methyl sites for hydroxylation is 1. The van der Waals surface area contributed by atoms with Crippen molar-refractivity contribution in [3.63, 3.8) is 0 Å². The fraction of sp³-hybridized carbons (Fsp3) is 0.107. The van der Waals surface area contributed by atoms with E-state index in [2.05, 4.69) is 88.3 Å². The predicted octanol–water partition coefficient (Wildman–Crippen LogP) is 6.41. The number of benzene rings is 4. The van der Waals surface area contributed by atoms with Crippen molar-refractivity contribution in [1.29, 1.82) is 0 Å². The Hall–Kier alpha value is -2.54. The molecule has 0 aromatic heterocycles. The van der Waals surface area contributed by atoms with Gasteiger partial charge < -0.3 is 0 Å². The summed E-state index contributed by atoms with van der Waals surface area (Å²) in [7, 11) is 0. The third kappa shape index (κ3) is 4.03. The van der Waals surface area contributed by atoms with Crippen LogP contribution in [-0.2, 0) is 0 Å². The van der Waals surface area contributed by atoms with E-state index in [1.165, 1.54) is 15.9 Å². The molecule has 0 bridgehead atoms. The van der Waals surface area contributed by atoms with E-state index >= 15 is 0 Å². The normalized spacial score (nSPS) is 12.6. The Labute approximate surface area is 192 Å². The minimum absolute atomic E-state index is 0.177. The number of carbonyl (C=O) groups is 1. The number of carbonyl (C=O) groups excluding carboxylic acids is 1. The van der Waals surface area contributed by atoms with E-state index in [-0.39, 0.29) is 5.78 Å². The van der Waals surface area contributed by atoms with Crippen LogP contribution in [0.3, 0.4) is 0 Å². The maximum atomic E-state index is 13.2. The molecule has 0 unspecified atom stereocenters. The topological polar surface area (TPSA) is 17.1 Å². The zero-order valence-corrected chi connectivity index (χ0v) is 20.1. The Kier molecular flexibility index (Phi) is 6.23. The van der Waals surface area contributed by atoms with Crippen LogP contribution in [0.15, 0.2) is 115 Å².